The summed E-state index contributed by atoms with van der Waals surface area (Å²) in [5.41, 5.74) is 1.16. The Balaban J connectivity index is 2.10. The van der Waals surface area contributed by atoms with E-state index >= 15 is 0 Å². The van der Waals surface area contributed by atoms with E-state index in [0.29, 0.717) is 17.1 Å². The van der Waals surface area contributed by atoms with Gasteiger partial charge in [0.1, 0.15) is 11.5 Å². The largest absolute Gasteiger partial charge is 0.497 e. The van der Waals surface area contributed by atoms with Crippen molar-refractivity contribution in [3.63, 3.8) is 0 Å². The number of sulfone groups is 1. The number of carbonyl (C=O) groups is 1. The van der Waals surface area contributed by atoms with E-state index < -0.39 is 9.84 Å². The van der Waals surface area contributed by atoms with Crippen LogP contribution in [0.5, 0.6) is 11.5 Å². The predicted octanol–water partition coefficient (Wildman–Crippen LogP) is 2.43. The van der Waals surface area contributed by atoms with E-state index in [9.17, 15) is 13.2 Å². The molecule has 0 spiro atoms. The van der Waals surface area contributed by atoms with E-state index in [0.717, 1.165) is 5.56 Å². The van der Waals surface area contributed by atoms with Crippen LogP contribution in [0.2, 0.25) is 0 Å². The molecule has 0 unspecified atom stereocenters. The van der Waals surface area contributed by atoms with Crippen LogP contribution < -0.4 is 14.8 Å². The molecule has 0 aliphatic heterocycles. The SMILES string of the molecule is CCS(=O)(=O)c1ccc(C(=O)NCc2cc(OC)ccc2OC)cc1. The monoisotopic (exact) mass is 363 g/mol. The lowest BCUT2D eigenvalue weighted by Gasteiger charge is -2.11. The van der Waals surface area contributed by atoms with Gasteiger partial charge in [0.15, 0.2) is 9.84 Å². The summed E-state index contributed by atoms with van der Waals surface area (Å²) >= 11 is 0. The zero-order valence-corrected chi connectivity index (χ0v) is 15.2. The fraction of sp³-hybridized carbons (Fsp3) is 0.278. The van der Waals surface area contributed by atoms with Gasteiger partial charge >= 0.3 is 0 Å². The summed E-state index contributed by atoms with van der Waals surface area (Å²) in [7, 11) is -0.154. The van der Waals surface area contributed by atoms with Crippen LogP contribution in [-0.4, -0.2) is 34.3 Å². The Labute approximate surface area is 147 Å². The highest BCUT2D eigenvalue weighted by molar-refractivity contribution is 7.91. The first-order valence-electron chi connectivity index (χ1n) is 7.73. The van der Waals surface area contributed by atoms with Gasteiger partial charge in [-0.25, -0.2) is 8.42 Å². The van der Waals surface area contributed by atoms with Crippen molar-refractivity contribution < 1.29 is 22.7 Å². The van der Waals surface area contributed by atoms with Gasteiger partial charge in [0.05, 0.1) is 24.9 Å². The van der Waals surface area contributed by atoms with E-state index in [-0.39, 0.29) is 23.1 Å². The van der Waals surface area contributed by atoms with Crippen molar-refractivity contribution in [2.75, 3.05) is 20.0 Å². The van der Waals surface area contributed by atoms with Gasteiger partial charge in [0.25, 0.3) is 5.91 Å². The quantitative estimate of drug-likeness (QED) is 0.817. The van der Waals surface area contributed by atoms with Crippen LogP contribution in [0.25, 0.3) is 0 Å². The molecule has 0 saturated carbocycles. The average Bonchev–Trinajstić information content (AvgIpc) is 2.65. The van der Waals surface area contributed by atoms with Gasteiger partial charge in [0, 0.05) is 17.7 Å². The van der Waals surface area contributed by atoms with Crippen LogP contribution in [0.1, 0.15) is 22.8 Å². The molecular weight excluding hydrogens is 342 g/mol. The highest BCUT2D eigenvalue weighted by Crippen LogP contribution is 2.23. The lowest BCUT2D eigenvalue weighted by atomic mass is 10.1. The van der Waals surface area contributed by atoms with Crippen LogP contribution in [0.15, 0.2) is 47.4 Å². The summed E-state index contributed by atoms with van der Waals surface area (Å²) in [4.78, 5) is 12.5. The minimum atomic E-state index is -3.27. The molecule has 2 aromatic rings. The van der Waals surface area contributed by atoms with Crippen LogP contribution in [0, 0.1) is 0 Å². The molecule has 0 fully saturated rings. The molecule has 0 atom stereocenters. The molecule has 0 aromatic heterocycles. The molecule has 0 heterocycles. The Hall–Kier alpha value is -2.54. The van der Waals surface area contributed by atoms with Crippen LogP contribution in [0.3, 0.4) is 0 Å². The lowest BCUT2D eigenvalue weighted by molar-refractivity contribution is 0.0950. The second kappa shape index (κ2) is 8.02. The number of hydrogen-bond donors (Lipinski definition) is 1. The Kier molecular flexibility index (Phi) is 6.03. The smallest absolute Gasteiger partial charge is 0.251 e. The van der Waals surface area contributed by atoms with Crippen molar-refractivity contribution in [2.45, 2.75) is 18.4 Å². The van der Waals surface area contributed by atoms with Gasteiger partial charge in [-0.2, -0.15) is 0 Å². The summed E-state index contributed by atoms with van der Waals surface area (Å²) in [5.74, 6) is 1.03. The number of rotatable bonds is 7. The van der Waals surface area contributed by atoms with Crippen molar-refractivity contribution in [1.29, 1.82) is 0 Å². The van der Waals surface area contributed by atoms with E-state index in [1.807, 2.05) is 0 Å². The maximum atomic E-state index is 12.3. The standard InChI is InChI=1S/C18H21NO5S/c1-4-25(21,22)16-8-5-13(6-9-16)18(20)19-12-14-11-15(23-2)7-10-17(14)24-3/h5-11H,4,12H2,1-3H3,(H,19,20). The molecule has 6 nitrogen and oxygen atoms in total. The Morgan fingerprint density at radius 3 is 2.28 bits per heavy atom. The molecule has 2 rings (SSSR count). The number of carbonyl (C=O) groups excluding carboxylic acids is 1. The van der Waals surface area contributed by atoms with E-state index in [1.165, 1.54) is 24.3 Å². The fourth-order valence-corrected chi connectivity index (χ4v) is 3.16. The second-order valence-electron chi connectivity index (χ2n) is 5.29. The number of amides is 1. The minimum absolute atomic E-state index is 0.0220. The first-order chi connectivity index (χ1) is 11.9. The molecule has 0 bridgehead atoms. The molecule has 134 valence electrons. The van der Waals surface area contributed by atoms with Gasteiger partial charge in [0.2, 0.25) is 0 Å². The lowest BCUT2D eigenvalue weighted by Crippen LogP contribution is -2.23. The topological polar surface area (TPSA) is 81.7 Å². The van der Waals surface area contributed by atoms with Crippen molar-refractivity contribution in [1.82, 2.24) is 5.32 Å². The summed E-state index contributed by atoms with van der Waals surface area (Å²) in [5, 5.41) is 2.79. The highest BCUT2D eigenvalue weighted by Gasteiger charge is 2.13. The molecule has 0 aliphatic carbocycles. The zero-order valence-electron chi connectivity index (χ0n) is 14.4. The van der Waals surface area contributed by atoms with Crippen molar-refractivity contribution in [3.8, 4) is 11.5 Å². The Morgan fingerprint density at radius 1 is 1.04 bits per heavy atom. The first-order valence-corrected chi connectivity index (χ1v) is 9.38. The van der Waals surface area contributed by atoms with Crippen LogP contribution in [-0.2, 0) is 16.4 Å². The normalized spacial score (nSPS) is 11.0. The third-order valence-corrected chi connectivity index (χ3v) is 5.53. The number of hydrogen-bond acceptors (Lipinski definition) is 5. The maximum Gasteiger partial charge on any atom is 0.251 e. The molecule has 25 heavy (non-hydrogen) atoms. The predicted molar refractivity (Wildman–Crippen MR) is 94.9 cm³/mol. The Morgan fingerprint density at radius 2 is 1.72 bits per heavy atom. The molecule has 1 amide bonds. The van der Waals surface area contributed by atoms with Gasteiger partial charge < -0.3 is 14.8 Å². The summed E-state index contributed by atoms with van der Waals surface area (Å²) in [6.45, 7) is 1.84. The van der Waals surface area contributed by atoms with Crippen molar-refractivity contribution in [3.05, 3.63) is 53.6 Å². The molecule has 0 radical (unpaired) electrons. The van der Waals surface area contributed by atoms with Crippen molar-refractivity contribution in [2.24, 2.45) is 0 Å². The summed E-state index contributed by atoms with van der Waals surface area (Å²) in [6.07, 6.45) is 0. The minimum Gasteiger partial charge on any atom is -0.497 e. The molecule has 2 aromatic carbocycles. The summed E-state index contributed by atoms with van der Waals surface area (Å²) < 4.78 is 34.0. The number of ether oxygens (including phenoxy) is 2. The molecule has 7 heteroatoms. The zero-order chi connectivity index (χ0) is 18.4. The van der Waals surface area contributed by atoms with Crippen LogP contribution >= 0.6 is 0 Å². The maximum absolute atomic E-state index is 12.3. The second-order valence-corrected chi connectivity index (χ2v) is 7.57. The first kappa shape index (κ1) is 18.8. The van der Waals surface area contributed by atoms with E-state index in [1.54, 1.807) is 39.3 Å². The third kappa shape index (κ3) is 4.51. The van der Waals surface area contributed by atoms with E-state index in [2.05, 4.69) is 5.32 Å². The third-order valence-electron chi connectivity index (χ3n) is 3.78. The van der Waals surface area contributed by atoms with Gasteiger partial charge in [-0.05, 0) is 42.5 Å². The number of benzene rings is 2. The van der Waals surface area contributed by atoms with Crippen molar-refractivity contribution >= 4 is 15.7 Å². The number of methoxy groups -OCH3 is 2. The summed E-state index contributed by atoms with van der Waals surface area (Å²) in [6, 6.07) is 11.2. The molecule has 0 saturated heterocycles. The molecule has 1 N–H and O–H groups in total. The molecule has 0 aliphatic rings. The van der Waals surface area contributed by atoms with Gasteiger partial charge in [-0.3, -0.25) is 4.79 Å². The van der Waals surface area contributed by atoms with Gasteiger partial charge in [-0.15, -0.1) is 0 Å². The fourth-order valence-electron chi connectivity index (χ4n) is 2.28. The van der Waals surface area contributed by atoms with Crippen LogP contribution in [0.4, 0.5) is 0 Å². The average molecular weight is 363 g/mol. The Bertz CT molecular complexity index is 844. The highest BCUT2D eigenvalue weighted by atomic mass is 32.2. The van der Waals surface area contributed by atoms with Gasteiger partial charge in [-0.1, -0.05) is 6.92 Å². The number of nitrogens with one attached hydrogen (secondary N) is 1. The van der Waals surface area contributed by atoms with E-state index in [4.69, 9.17) is 9.47 Å². The molecular formula is C18H21NO5S.